The van der Waals surface area contributed by atoms with Crippen molar-refractivity contribution in [1.29, 1.82) is 0 Å². The molecule has 1 aromatic heterocycles. The minimum atomic E-state index is -1.41. The molecule has 0 bridgehead atoms. The molecule has 166 valence electrons. The number of rotatable bonds is 9. The van der Waals surface area contributed by atoms with Gasteiger partial charge in [0.05, 0.1) is 19.3 Å². The molecule has 0 radical (unpaired) electrons. The molecular formula is C24H25N3O5. The summed E-state index contributed by atoms with van der Waals surface area (Å²) in [5.41, 5.74) is 4.00. The zero-order valence-corrected chi connectivity index (χ0v) is 17.8. The van der Waals surface area contributed by atoms with Crippen LogP contribution in [0.2, 0.25) is 0 Å². The van der Waals surface area contributed by atoms with Crippen molar-refractivity contribution < 1.29 is 24.5 Å². The van der Waals surface area contributed by atoms with Crippen LogP contribution >= 0.6 is 0 Å². The fraction of sp³-hybridized carbons (Fsp3) is 0.208. The minimum absolute atomic E-state index is 0.159. The van der Waals surface area contributed by atoms with Crippen molar-refractivity contribution in [2.75, 3.05) is 19.0 Å². The van der Waals surface area contributed by atoms with Crippen LogP contribution in [0.1, 0.15) is 21.5 Å². The van der Waals surface area contributed by atoms with Crippen LogP contribution in [0.25, 0.3) is 11.1 Å². The molecule has 3 aromatic rings. The highest BCUT2D eigenvalue weighted by atomic mass is 16.5. The smallest absolute Gasteiger partial charge is 0.328 e. The second-order valence-electron chi connectivity index (χ2n) is 7.24. The van der Waals surface area contributed by atoms with Crippen LogP contribution in [0.4, 0.5) is 5.82 Å². The molecule has 0 aliphatic heterocycles. The number of aryl methyl sites for hydroxylation is 1. The summed E-state index contributed by atoms with van der Waals surface area (Å²) in [6, 6.07) is 15.5. The molecule has 32 heavy (non-hydrogen) atoms. The van der Waals surface area contributed by atoms with Crippen LogP contribution in [0.15, 0.2) is 60.8 Å². The number of methoxy groups -OCH3 is 1. The van der Waals surface area contributed by atoms with Gasteiger partial charge in [-0.25, -0.2) is 9.78 Å². The highest BCUT2D eigenvalue weighted by Crippen LogP contribution is 2.27. The van der Waals surface area contributed by atoms with Gasteiger partial charge in [-0.05, 0) is 42.3 Å². The monoisotopic (exact) mass is 435 g/mol. The van der Waals surface area contributed by atoms with Crippen molar-refractivity contribution in [2.24, 2.45) is 0 Å². The molecule has 0 unspecified atom stereocenters. The lowest BCUT2D eigenvalue weighted by atomic mass is 10.0. The molecule has 0 fully saturated rings. The van der Waals surface area contributed by atoms with E-state index in [1.54, 1.807) is 24.4 Å². The third kappa shape index (κ3) is 5.61. The van der Waals surface area contributed by atoms with E-state index in [0.29, 0.717) is 17.9 Å². The van der Waals surface area contributed by atoms with E-state index < -0.39 is 24.5 Å². The van der Waals surface area contributed by atoms with Gasteiger partial charge in [0.2, 0.25) is 0 Å². The van der Waals surface area contributed by atoms with Crippen molar-refractivity contribution in [3.63, 3.8) is 0 Å². The van der Waals surface area contributed by atoms with E-state index in [1.165, 1.54) is 12.7 Å². The van der Waals surface area contributed by atoms with E-state index in [1.807, 2.05) is 37.3 Å². The molecule has 8 nitrogen and oxygen atoms in total. The molecule has 8 heteroatoms. The second-order valence-corrected chi connectivity index (χ2v) is 7.24. The van der Waals surface area contributed by atoms with Gasteiger partial charge >= 0.3 is 5.97 Å². The summed E-state index contributed by atoms with van der Waals surface area (Å²) in [4.78, 5) is 28.1. The van der Waals surface area contributed by atoms with Crippen molar-refractivity contribution in [3.8, 4) is 16.9 Å². The van der Waals surface area contributed by atoms with E-state index in [9.17, 15) is 9.59 Å². The lowest BCUT2D eigenvalue weighted by molar-refractivity contribution is -0.140. The number of aromatic nitrogens is 1. The first-order chi connectivity index (χ1) is 15.4. The zero-order valence-electron chi connectivity index (χ0n) is 17.8. The molecule has 1 atom stereocenters. The summed E-state index contributed by atoms with van der Waals surface area (Å²) in [6.45, 7) is 1.98. The fourth-order valence-electron chi connectivity index (χ4n) is 3.17. The number of ether oxygens (including phenoxy) is 1. The van der Waals surface area contributed by atoms with Crippen molar-refractivity contribution in [3.05, 3.63) is 77.5 Å². The van der Waals surface area contributed by atoms with Gasteiger partial charge in [-0.1, -0.05) is 35.9 Å². The average Bonchev–Trinajstić information content (AvgIpc) is 2.80. The predicted molar refractivity (Wildman–Crippen MR) is 121 cm³/mol. The number of anilines is 1. The molecule has 0 aliphatic carbocycles. The van der Waals surface area contributed by atoms with Crippen molar-refractivity contribution in [1.82, 2.24) is 10.3 Å². The molecule has 1 heterocycles. The van der Waals surface area contributed by atoms with E-state index in [0.717, 1.165) is 11.1 Å². The molecule has 2 aromatic carbocycles. The third-order valence-corrected chi connectivity index (χ3v) is 4.88. The van der Waals surface area contributed by atoms with Gasteiger partial charge in [-0.15, -0.1) is 0 Å². The Kier molecular flexibility index (Phi) is 7.41. The molecular weight excluding hydrogens is 410 g/mol. The maximum atomic E-state index is 12.6. The summed E-state index contributed by atoms with van der Waals surface area (Å²) in [5, 5.41) is 23.8. The molecule has 3 rings (SSSR count). The number of carbonyl (C=O) groups is 2. The number of hydrogen-bond acceptors (Lipinski definition) is 6. The van der Waals surface area contributed by atoms with E-state index in [2.05, 4.69) is 21.7 Å². The largest absolute Gasteiger partial charge is 0.496 e. The highest BCUT2D eigenvalue weighted by molar-refractivity contribution is 6.00. The molecule has 1 amide bonds. The number of carboxylic acids is 1. The topological polar surface area (TPSA) is 121 Å². The third-order valence-electron chi connectivity index (χ3n) is 4.88. The Labute approximate surface area is 185 Å². The lowest BCUT2D eigenvalue weighted by Crippen LogP contribution is -2.43. The highest BCUT2D eigenvalue weighted by Gasteiger charge is 2.22. The average molecular weight is 435 g/mol. The predicted octanol–water partition coefficient (Wildman–Crippen LogP) is 2.85. The Bertz CT molecular complexity index is 1100. The normalized spacial score (nSPS) is 11.5. The quantitative estimate of drug-likeness (QED) is 0.408. The Morgan fingerprint density at radius 1 is 1.09 bits per heavy atom. The number of carbonyl (C=O) groups excluding carboxylic acids is 1. The number of aliphatic hydroxyl groups excluding tert-OH is 1. The molecule has 0 saturated heterocycles. The van der Waals surface area contributed by atoms with Gasteiger partial charge < -0.3 is 25.6 Å². The maximum Gasteiger partial charge on any atom is 0.328 e. The van der Waals surface area contributed by atoms with Crippen LogP contribution in [-0.4, -0.2) is 46.8 Å². The molecule has 0 saturated carbocycles. The number of aliphatic carboxylic acids is 1. The van der Waals surface area contributed by atoms with E-state index in [4.69, 9.17) is 14.9 Å². The fourth-order valence-corrected chi connectivity index (χ4v) is 3.17. The van der Waals surface area contributed by atoms with Gasteiger partial charge in [-0.2, -0.15) is 0 Å². The van der Waals surface area contributed by atoms with Crippen molar-refractivity contribution >= 4 is 17.7 Å². The van der Waals surface area contributed by atoms with Crippen LogP contribution in [0, 0.1) is 6.92 Å². The molecule has 0 aliphatic rings. The number of amides is 1. The van der Waals surface area contributed by atoms with E-state index >= 15 is 0 Å². The lowest BCUT2D eigenvalue weighted by Gasteiger charge is -2.15. The molecule has 0 spiro atoms. The van der Waals surface area contributed by atoms with Gasteiger partial charge in [-0.3, -0.25) is 4.79 Å². The van der Waals surface area contributed by atoms with Crippen LogP contribution in [0.3, 0.4) is 0 Å². The first-order valence-electron chi connectivity index (χ1n) is 9.99. The summed E-state index contributed by atoms with van der Waals surface area (Å²) >= 11 is 0. The number of benzene rings is 2. The Morgan fingerprint density at radius 2 is 1.88 bits per heavy atom. The first kappa shape index (κ1) is 22.8. The number of pyridine rings is 1. The SMILES string of the molecule is COc1ccc(-c2ccc(NCc3cccc(C)c3)nc2)cc1C(=O)N[C@@H](CO)C(=O)O. The summed E-state index contributed by atoms with van der Waals surface area (Å²) in [6.07, 6.45) is 1.69. The number of carboxylic acid groups (broad SMARTS) is 1. The van der Waals surface area contributed by atoms with Crippen LogP contribution in [0.5, 0.6) is 5.75 Å². The number of nitrogens with zero attached hydrogens (tertiary/aromatic N) is 1. The summed E-state index contributed by atoms with van der Waals surface area (Å²) < 4.78 is 5.24. The number of aliphatic hydroxyl groups is 1. The van der Waals surface area contributed by atoms with Crippen LogP contribution < -0.4 is 15.4 Å². The number of hydrogen-bond donors (Lipinski definition) is 4. The summed E-state index contributed by atoms with van der Waals surface area (Å²) in [7, 11) is 1.42. The van der Waals surface area contributed by atoms with E-state index in [-0.39, 0.29) is 11.3 Å². The zero-order chi connectivity index (χ0) is 23.1. The minimum Gasteiger partial charge on any atom is -0.496 e. The maximum absolute atomic E-state index is 12.6. The summed E-state index contributed by atoms with van der Waals surface area (Å²) in [5.74, 6) is -0.977. The Morgan fingerprint density at radius 3 is 2.50 bits per heavy atom. The first-order valence-corrected chi connectivity index (χ1v) is 9.99. The van der Waals surface area contributed by atoms with Crippen molar-refractivity contribution in [2.45, 2.75) is 19.5 Å². The van der Waals surface area contributed by atoms with Gasteiger partial charge in [0.15, 0.2) is 6.04 Å². The molecule has 4 N–H and O–H groups in total. The van der Waals surface area contributed by atoms with Gasteiger partial charge in [0.25, 0.3) is 5.91 Å². The number of nitrogens with one attached hydrogen (secondary N) is 2. The second kappa shape index (κ2) is 10.4. The Hall–Kier alpha value is -3.91. The van der Waals surface area contributed by atoms with Gasteiger partial charge in [0.1, 0.15) is 11.6 Å². The standard InChI is InChI=1S/C24H25N3O5/c1-15-4-3-5-16(10-15)12-25-22-9-7-18(13-26-22)17-6-8-21(32-2)19(11-17)23(29)27-20(14-28)24(30)31/h3-11,13,20,28H,12,14H2,1-2H3,(H,25,26)(H,27,29)(H,30,31)/t20-/m0/s1. The van der Waals surface area contributed by atoms with Crippen LogP contribution in [-0.2, 0) is 11.3 Å². The van der Waals surface area contributed by atoms with Gasteiger partial charge in [0, 0.05) is 18.3 Å². The Balaban J connectivity index is 1.76.